The first-order valence-corrected chi connectivity index (χ1v) is 8.66. The van der Waals surface area contributed by atoms with Crippen LogP contribution in [0.3, 0.4) is 0 Å². The Morgan fingerprint density at radius 3 is 2.55 bits per heavy atom. The van der Waals surface area contributed by atoms with Gasteiger partial charge in [-0.3, -0.25) is 9.59 Å². The average Bonchev–Trinajstić information content (AvgIpc) is 2.53. The molecule has 1 heterocycles. The summed E-state index contributed by atoms with van der Waals surface area (Å²) in [5.41, 5.74) is 0. The number of carbonyl (C=O) groups excluding carboxylic acids is 2. The third kappa shape index (κ3) is 5.27. The lowest BCUT2D eigenvalue weighted by molar-refractivity contribution is -0.142. The van der Waals surface area contributed by atoms with Gasteiger partial charge in [0.1, 0.15) is 0 Å². The highest BCUT2D eigenvalue weighted by Crippen LogP contribution is 2.29. The molecule has 1 saturated heterocycles. The maximum atomic E-state index is 12.3. The lowest BCUT2D eigenvalue weighted by atomic mass is 9.85. The predicted molar refractivity (Wildman–Crippen MR) is 85.4 cm³/mol. The first-order chi connectivity index (χ1) is 10.6. The molecule has 1 aliphatic heterocycles. The zero-order valence-corrected chi connectivity index (χ0v) is 14.1. The van der Waals surface area contributed by atoms with Crippen molar-refractivity contribution < 1.29 is 14.3 Å². The van der Waals surface area contributed by atoms with Gasteiger partial charge < -0.3 is 14.5 Å². The molecule has 2 aliphatic rings. The number of hydrogen-bond donors (Lipinski definition) is 0. The van der Waals surface area contributed by atoms with Crippen LogP contribution in [0.15, 0.2) is 0 Å². The summed E-state index contributed by atoms with van der Waals surface area (Å²) >= 11 is 0. The Kier molecular flexibility index (Phi) is 6.68. The summed E-state index contributed by atoms with van der Waals surface area (Å²) in [6.45, 7) is 1.99. The minimum atomic E-state index is 0.0142. The Hall–Kier alpha value is -1.10. The van der Waals surface area contributed by atoms with E-state index in [1.54, 1.807) is 19.0 Å². The molecule has 22 heavy (non-hydrogen) atoms. The fourth-order valence-electron chi connectivity index (χ4n) is 3.48. The van der Waals surface area contributed by atoms with Crippen molar-refractivity contribution in [1.82, 2.24) is 9.80 Å². The standard InChI is InChI=1S/C17H30N2O3/c1-18(2)16(20)8-9-17(21)19-10-11-22-15(13-19)12-14-6-4-3-5-7-14/h14-15H,3-13H2,1-2H3/t15-/m1/s1. The quantitative estimate of drug-likeness (QED) is 0.781. The second-order valence-electron chi connectivity index (χ2n) is 6.86. The van der Waals surface area contributed by atoms with Crippen LogP contribution in [0.5, 0.6) is 0 Å². The smallest absolute Gasteiger partial charge is 0.223 e. The lowest BCUT2D eigenvalue weighted by Gasteiger charge is -2.35. The molecular formula is C17H30N2O3. The highest BCUT2D eigenvalue weighted by molar-refractivity contribution is 5.83. The minimum Gasteiger partial charge on any atom is -0.375 e. The topological polar surface area (TPSA) is 49.9 Å². The third-order valence-corrected chi connectivity index (χ3v) is 4.86. The molecule has 1 aliphatic carbocycles. The van der Waals surface area contributed by atoms with Crippen LogP contribution >= 0.6 is 0 Å². The van der Waals surface area contributed by atoms with Crippen LogP contribution in [0.1, 0.15) is 51.4 Å². The highest BCUT2D eigenvalue weighted by atomic mass is 16.5. The summed E-state index contributed by atoms with van der Waals surface area (Å²) in [7, 11) is 3.45. The number of rotatable bonds is 5. The van der Waals surface area contributed by atoms with Crippen LogP contribution in [-0.4, -0.2) is 61.5 Å². The molecule has 0 unspecified atom stereocenters. The van der Waals surface area contributed by atoms with E-state index in [9.17, 15) is 9.59 Å². The molecule has 2 amide bonds. The maximum absolute atomic E-state index is 12.3. The van der Waals surface area contributed by atoms with Crippen molar-refractivity contribution in [2.24, 2.45) is 5.92 Å². The minimum absolute atomic E-state index is 0.0142. The van der Waals surface area contributed by atoms with E-state index in [0.717, 1.165) is 12.3 Å². The van der Waals surface area contributed by atoms with Crippen molar-refractivity contribution in [2.75, 3.05) is 33.8 Å². The highest BCUT2D eigenvalue weighted by Gasteiger charge is 2.27. The summed E-state index contributed by atoms with van der Waals surface area (Å²) in [6.07, 6.45) is 8.55. The summed E-state index contributed by atoms with van der Waals surface area (Å²) in [6, 6.07) is 0. The van der Waals surface area contributed by atoms with E-state index in [1.807, 2.05) is 4.90 Å². The van der Waals surface area contributed by atoms with Crippen molar-refractivity contribution in [3.63, 3.8) is 0 Å². The first-order valence-electron chi connectivity index (χ1n) is 8.66. The molecule has 126 valence electrons. The summed E-state index contributed by atoms with van der Waals surface area (Å²) < 4.78 is 5.86. The maximum Gasteiger partial charge on any atom is 0.223 e. The average molecular weight is 310 g/mol. The molecule has 0 aromatic heterocycles. The molecule has 0 bridgehead atoms. The largest absolute Gasteiger partial charge is 0.375 e. The van der Waals surface area contributed by atoms with E-state index in [4.69, 9.17) is 4.74 Å². The number of hydrogen-bond acceptors (Lipinski definition) is 3. The lowest BCUT2D eigenvalue weighted by Crippen LogP contribution is -2.46. The van der Waals surface area contributed by atoms with Gasteiger partial charge >= 0.3 is 0 Å². The molecule has 5 nitrogen and oxygen atoms in total. The Balaban J connectivity index is 1.74. The Morgan fingerprint density at radius 2 is 1.86 bits per heavy atom. The third-order valence-electron chi connectivity index (χ3n) is 4.86. The SMILES string of the molecule is CN(C)C(=O)CCC(=O)N1CCO[C@H](CC2CCCCC2)C1. The zero-order chi connectivity index (χ0) is 15.9. The van der Waals surface area contributed by atoms with Crippen LogP contribution < -0.4 is 0 Å². The number of ether oxygens (including phenoxy) is 1. The van der Waals surface area contributed by atoms with Crippen molar-refractivity contribution in [3.8, 4) is 0 Å². The normalized spacial score (nSPS) is 23.4. The van der Waals surface area contributed by atoms with Crippen molar-refractivity contribution in [1.29, 1.82) is 0 Å². The zero-order valence-electron chi connectivity index (χ0n) is 14.1. The molecule has 0 aromatic carbocycles. The van der Waals surface area contributed by atoms with Gasteiger partial charge in [0.25, 0.3) is 0 Å². The first kappa shape index (κ1) is 17.3. The van der Waals surface area contributed by atoms with Crippen LogP contribution in [0.25, 0.3) is 0 Å². The molecule has 0 radical (unpaired) electrons. The second-order valence-corrected chi connectivity index (χ2v) is 6.86. The van der Waals surface area contributed by atoms with Crippen molar-refractivity contribution in [2.45, 2.75) is 57.5 Å². The van der Waals surface area contributed by atoms with E-state index in [2.05, 4.69) is 0 Å². The van der Waals surface area contributed by atoms with Crippen LogP contribution in [0.2, 0.25) is 0 Å². The van der Waals surface area contributed by atoms with Gasteiger partial charge in [0.05, 0.1) is 12.7 Å². The Morgan fingerprint density at radius 1 is 1.14 bits per heavy atom. The van der Waals surface area contributed by atoms with E-state index in [0.29, 0.717) is 32.5 Å². The van der Waals surface area contributed by atoms with Gasteiger partial charge in [-0.2, -0.15) is 0 Å². The Bertz CT molecular complexity index is 378. The van der Waals surface area contributed by atoms with Crippen LogP contribution in [-0.2, 0) is 14.3 Å². The predicted octanol–water partition coefficient (Wildman–Crippen LogP) is 2.05. The number of morpholine rings is 1. The molecule has 5 heteroatoms. The fourth-order valence-corrected chi connectivity index (χ4v) is 3.48. The van der Waals surface area contributed by atoms with E-state index >= 15 is 0 Å². The van der Waals surface area contributed by atoms with E-state index in [1.165, 1.54) is 32.1 Å². The van der Waals surface area contributed by atoms with Gasteiger partial charge in [-0.15, -0.1) is 0 Å². The van der Waals surface area contributed by atoms with Gasteiger partial charge in [0, 0.05) is 40.0 Å². The monoisotopic (exact) mass is 310 g/mol. The van der Waals surface area contributed by atoms with E-state index < -0.39 is 0 Å². The number of amides is 2. The number of carbonyl (C=O) groups is 2. The molecule has 0 aromatic rings. The summed E-state index contributed by atoms with van der Waals surface area (Å²) in [4.78, 5) is 27.3. The molecule has 0 N–H and O–H groups in total. The van der Waals surface area contributed by atoms with Gasteiger partial charge in [-0.1, -0.05) is 32.1 Å². The fraction of sp³-hybridized carbons (Fsp3) is 0.882. The van der Waals surface area contributed by atoms with Gasteiger partial charge in [0.2, 0.25) is 11.8 Å². The van der Waals surface area contributed by atoms with Crippen molar-refractivity contribution in [3.05, 3.63) is 0 Å². The summed E-state index contributed by atoms with van der Waals surface area (Å²) in [5.74, 6) is 0.872. The molecular weight excluding hydrogens is 280 g/mol. The molecule has 0 spiro atoms. The molecule has 2 fully saturated rings. The van der Waals surface area contributed by atoms with Gasteiger partial charge in [-0.05, 0) is 12.3 Å². The van der Waals surface area contributed by atoms with Gasteiger partial charge in [-0.25, -0.2) is 0 Å². The Labute approximate surface area is 134 Å². The molecule has 1 saturated carbocycles. The number of nitrogens with zero attached hydrogens (tertiary/aromatic N) is 2. The van der Waals surface area contributed by atoms with Gasteiger partial charge in [0.15, 0.2) is 0 Å². The van der Waals surface area contributed by atoms with Crippen LogP contribution in [0, 0.1) is 5.92 Å². The molecule has 1 atom stereocenters. The van der Waals surface area contributed by atoms with Crippen molar-refractivity contribution >= 4 is 11.8 Å². The molecule has 2 rings (SSSR count). The summed E-state index contributed by atoms with van der Waals surface area (Å²) in [5, 5.41) is 0. The van der Waals surface area contributed by atoms with Crippen LogP contribution in [0.4, 0.5) is 0 Å². The second kappa shape index (κ2) is 8.51. The van der Waals surface area contributed by atoms with E-state index in [-0.39, 0.29) is 17.9 Å².